The predicted molar refractivity (Wildman–Crippen MR) is 83.5 cm³/mol. The largest absolute Gasteiger partial charge is 0.507 e. The molecule has 0 radical (unpaired) electrons. The molecule has 5 heteroatoms. The first-order valence-corrected chi connectivity index (χ1v) is 6.62. The maximum atomic E-state index is 13.0. The molecule has 2 aromatic carbocycles. The third-order valence-electron chi connectivity index (χ3n) is 3.34. The normalized spacial score (nSPS) is 10.6. The highest BCUT2D eigenvalue weighted by molar-refractivity contribution is 5.69. The fraction of sp³-hybridized carbons (Fsp3) is 0. The minimum Gasteiger partial charge on any atom is -0.507 e. The van der Waals surface area contributed by atoms with E-state index in [4.69, 9.17) is 5.73 Å². The Balaban J connectivity index is 2.19. The molecule has 0 aliphatic rings. The molecule has 0 aliphatic heterocycles. The van der Waals surface area contributed by atoms with Crippen LogP contribution in [-0.2, 0) is 0 Å². The monoisotopic (exact) mass is 296 g/mol. The molecule has 3 N–H and O–H groups in total. The van der Waals surface area contributed by atoms with E-state index in [0.717, 1.165) is 6.07 Å². The van der Waals surface area contributed by atoms with Crippen molar-refractivity contribution in [1.29, 1.82) is 0 Å². The Labute approximate surface area is 125 Å². The second-order valence-electron chi connectivity index (χ2n) is 4.88. The van der Waals surface area contributed by atoms with Crippen molar-refractivity contribution in [3.05, 3.63) is 77.0 Å². The predicted octanol–water partition coefficient (Wildman–Crippen LogP) is 2.93. The SMILES string of the molecule is Nc1cccc(-n2cc(-c3ccc(F)cc3)c(O)cc2=O)c1. The number of halogens is 1. The van der Waals surface area contributed by atoms with Gasteiger partial charge in [-0.1, -0.05) is 18.2 Å². The summed E-state index contributed by atoms with van der Waals surface area (Å²) in [4.78, 5) is 12.1. The number of nitrogens with two attached hydrogens (primary N) is 1. The molecule has 0 amide bonds. The Kier molecular flexibility index (Phi) is 3.39. The molecule has 1 heterocycles. The fourth-order valence-electron chi connectivity index (χ4n) is 2.25. The maximum Gasteiger partial charge on any atom is 0.258 e. The lowest BCUT2D eigenvalue weighted by atomic mass is 10.1. The Morgan fingerprint density at radius 3 is 2.45 bits per heavy atom. The van der Waals surface area contributed by atoms with Crippen LogP contribution in [0.3, 0.4) is 0 Å². The summed E-state index contributed by atoms with van der Waals surface area (Å²) < 4.78 is 14.4. The second-order valence-corrected chi connectivity index (χ2v) is 4.88. The lowest BCUT2D eigenvalue weighted by molar-refractivity contribution is 0.475. The minimum atomic E-state index is -0.381. The van der Waals surface area contributed by atoms with Gasteiger partial charge in [-0.2, -0.15) is 0 Å². The summed E-state index contributed by atoms with van der Waals surface area (Å²) in [5, 5.41) is 10.0. The third kappa shape index (κ3) is 2.56. The molecule has 0 saturated carbocycles. The lowest BCUT2D eigenvalue weighted by Crippen LogP contribution is -2.16. The van der Waals surface area contributed by atoms with E-state index in [-0.39, 0.29) is 17.1 Å². The van der Waals surface area contributed by atoms with Crippen molar-refractivity contribution in [3.63, 3.8) is 0 Å². The smallest absolute Gasteiger partial charge is 0.258 e. The standard InChI is InChI=1S/C17H13FN2O2/c18-12-6-4-11(5-7-12)15-10-20(17(22)9-16(15)21)14-3-1-2-13(19)8-14/h1-10,21H,19H2. The third-order valence-corrected chi connectivity index (χ3v) is 3.34. The first-order valence-electron chi connectivity index (χ1n) is 6.62. The van der Waals surface area contributed by atoms with Gasteiger partial charge in [0.2, 0.25) is 0 Å². The van der Waals surface area contributed by atoms with E-state index in [1.165, 1.54) is 22.9 Å². The van der Waals surface area contributed by atoms with Gasteiger partial charge in [0.05, 0.1) is 5.69 Å². The highest BCUT2D eigenvalue weighted by atomic mass is 19.1. The average Bonchev–Trinajstić information content (AvgIpc) is 2.48. The van der Waals surface area contributed by atoms with Gasteiger partial charge in [-0.3, -0.25) is 9.36 Å². The number of hydrogen-bond donors (Lipinski definition) is 2. The van der Waals surface area contributed by atoms with Crippen molar-refractivity contribution in [3.8, 4) is 22.6 Å². The van der Waals surface area contributed by atoms with Crippen LogP contribution in [0.4, 0.5) is 10.1 Å². The van der Waals surface area contributed by atoms with Crippen LogP contribution in [0.2, 0.25) is 0 Å². The molecule has 0 fully saturated rings. The van der Waals surface area contributed by atoms with Crippen LogP contribution in [0, 0.1) is 5.82 Å². The van der Waals surface area contributed by atoms with Gasteiger partial charge in [0.15, 0.2) is 0 Å². The molecule has 0 spiro atoms. The van der Waals surface area contributed by atoms with E-state index in [1.807, 2.05) is 0 Å². The highest BCUT2D eigenvalue weighted by Crippen LogP contribution is 2.28. The Morgan fingerprint density at radius 1 is 1.05 bits per heavy atom. The van der Waals surface area contributed by atoms with Gasteiger partial charge in [-0.25, -0.2) is 4.39 Å². The van der Waals surface area contributed by atoms with Crippen molar-refractivity contribution in [2.45, 2.75) is 0 Å². The quantitative estimate of drug-likeness (QED) is 0.714. The zero-order valence-electron chi connectivity index (χ0n) is 11.5. The summed E-state index contributed by atoms with van der Waals surface area (Å²) in [7, 11) is 0. The Hall–Kier alpha value is -3.08. The summed E-state index contributed by atoms with van der Waals surface area (Å²) in [6.07, 6.45) is 1.51. The number of aromatic nitrogens is 1. The van der Waals surface area contributed by atoms with Crippen LogP contribution in [0.1, 0.15) is 0 Å². The van der Waals surface area contributed by atoms with Crippen LogP contribution in [0.15, 0.2) is 65.6 Å². The highest BCUT2D eigenvalue weighted by Gasteiger charge is 2.10. The lowest BCUT2D eigenvalue weighted by Gasteiger charge is -2.11. The molecule has 4 nitrogen and oxygen atoms in total. The number of rotatable bonds is 2. The second kappa shape index (κ2) is 5.37. The fourth-order valence-corrected chi connectivity index (χ4v) is 2.25. The molecule has 0 bridgehead atoms. The first-order chi connectivity index (χ1) is 10.5. The number of anilines is 1. The van der Waals surface area contributed by atoms with Crippen molar-refractivity contribution in [1.82, 2.24) is 4.57 Å². The van der Waals surface area contributed by atoms with Gasteiger partial charge in [0.25, 0.3) is 5.56 Å². The summed E-state index contributed by atoms with van der Waals surface area (Å²) >= 11 is 0. The summed E-state index contributed by atoms with van der Waals surface area (Å²) in [6.45, 7) is 0. The van der Waals surface area contributed by atoms with Gasteiger partial charge in [-0.05, 0) is 35.9 Å². The molecular weight excluding hydrogens is 283 g/mol. The van der Waals surface area contributed by atoms with Gasteiger partial charge >= 0.3 is 0 Å². The van der Waals surface area contributed by atoms with Crippen LogP contribution >= 0.6 is 0 Å². The van der Waals surface area contributed by atoms with Crippen molar-refractivity contribution in [2.24, 2.45) is 0 Å². The van der Waals surface area contributed by atoms with Crippen molar-refractivity contribution < 1.29 is 9.50 Å². The Morgan fingerprint density at radius 2 is 1.77 bits per heavy atom. The van der Waals surface area contributed by atoms with Crippen LogP contribution < -0.4 is 11.3 Å². The van der Waals surface area contributed by atoms with Crippen molar-refractivity contribution >= 4 is 5.69 Å². The zero-order chi connectivity index (χ0) is 15.7. The number of hydrogen-bond acceptors (Lipinski definition) is 3. The van der Waals surface area contributed by atoms with Crippen LogP contribution in [0.5, 0.6) is 5.75 Å². The Bertz CT molecular complexity index is 886. The number of nitrogen functional groups attached to an aromatic ring is 1. The van der Waals surface area contributed by atoms with E-state index in [1.54, 1.807) is 36.4 Å². The molecule has 3 aromatic rings. The van der Waals surface area contributed by atoms with Gasteiger partial charge < -0.3 is 10.8 Å². The number of pyridine rings is 1. The molecule has 0 unspecified atom stereocenters. The van der Waals surface area contributed by atoms with Crippen molar-refractivity contribution in [2.75, 3.05) is 5.73 Å². The van der Waals surface area contributed by atoms with Gasteiger partial charge in [0, 0.05) is 23.5 Å². The van der Waals surface area contributed by atoms with E-state index >= 15 is 0 Å². The molecule has 3 rings (SSSR count). The van der Waals surface area contributed by atoms with Crippen LogP contribution in [-0.4, -0.2) is 9.67 Å². The van der Waals surface area contributed by atoms with E-state index < -0.39 is 0 Å². The van der Waals surface area contributed by atoms with Gasteiger partial charge in [-0.15, -0.1) is 0 Å². The molecule has 0 saturated heterocycles. The van der Waals surface area contributed by atoms with E-state index in [0.29, 0.717) is 22.5 Å². The number of benzene rings is 2. The molecule has 1 aromatic heterocycles. The molecular formula is C17H13FN2O2. The summed E-state index contributed by atoms with van der Waals surface area (Å²) in [6, 6.07) is 13.7. The zero-order valence-corrected chi connectivity index (χ0v) is 11.5. The molecule has 0 aliphatic carbocycles. The molecule has 0 atom stereocenters. The number of aromatic hydroxyl groups is 1. The average molecular weight is 296 g/mol. The molecule has 110 valence electrons. The number of nitrogens with zero attached hydrogens (tertiary/aromatic N) is 1. The topological polar surface area (TPSA) is 68.2 Å². The van der Waals surface area contributed by atoms with E-state index in [9.17, 15) is 14.3 Å². The maximum absolute atomic E-state index is 13.0. The van der Waals surface area contributed by atoms with E-state index in [2.05, 4.69) is 0 Å². The molecule has 22 heavy (non-hydrogen) atoms. The first kappa shape index (κ1) is 13.9. The minimum absolute atomic E-state index is 0.156. The van der Waals surface area contributed by atoms with Crippen LogP contribution in [0.25, 0.3) is 16.8 Å². The summed E-state index contributed by atoms with van der Waals surface area (Å²) in [5.41, 5.74) is 7.51. The summed E-state index contributed by atoms with van der Waals surface area (Å²) in [5.74, 6) is -0.524. The van der Waals surface area contributed by atoms with Gasteiger partial charge in [0.1, 0.15) is 11.6 Å².